The predicted molar refractivity (Wildman–Crippen MR) is 206 cm³/mol. The first-order valence-electron chi connectivity index (χ1n) is 15.3. The van der Waals surface area contributed by atoms with Crippen molar-refractivity contribution < 1.29 is 9.72 Å². The molecule has 2 radical (unpaired) electrons. The summed E-state index contributed by atoms with van der Waals surface area (Å²) in [6.07, 6.45) is 0.502. The third-order valence-corrected chi connectivity index (χ3v) is 16.2. The molecular formula is C39H29AsN4O4PSb. The number of carbonyl (C=O) groups is 1. The molecule has 8 nitrogen and oxygen atoms in total. The van der Waals surface area contributed by atoms with Crippen molar-refractivity contribution in [1.29, 1.82) is 5.26 Å². The van der Waals surface area contributed by atoms with Crippen LogP contribution in [0.15, 0.2) is 157 Å². The third-order valence-electron chi connectivity index (χ3n) is 7.29. The van der Waals surface area contributed by atoms with E-state index in [1.165, 1.54) is 15.8 Å². The van der Waals surface area contributed by atoms with Crippen LogP contribution in [0.3, 0.4) is 0 Å². The van der Waals surface area contributed by atoms with Crippen molar-refractivity contribution in [3.63, 3.8) is 0 Å². The van der Waals surface area contributed by atoms with Crippen LogP contribution in [0.5, 0.6) is 0 Å². The van der Waals surface area contributed by atoms with Gasteiger partial charge in [-0.15, -0.1) is 0 Å². The summed E-state index contributed by atoms with van der Waals surface area (Å²) in [4.78, 5) is 36.9. The number of nitrogens with zero attached hydrogens (tertiary/aromatic N) is 4. The van der Waals surface area contributed by atoms with Crippen LogP contribution in [-0.4, -0.2) is 55.7 Å². The number of nitroso groups, excluding NO2 is 1. The molecule has 1 amide bonds. The zero-order valence-corrected chi connectivity index (χ0v) is 32.1. The van der Waals surface area contributed by atoms with Gasteiger partial charge in [-0.25, -0.2) is 0 Å². The zero-order valence-electron chi connectivity index (χ0n) is 26.8. The topological polar surface area (TPSA) is 117 Å². The first-order valence-corrected chi connectivity index (χ1v) is 21.0. The number of benzene rings is 6. The van der Waals surface area contributed by atoms with E-state index in [9.17, 15) is 25.1 Å². The molecule has 0 saturated carbocycles. The monoisotopic (exact) mass is 844 g/mol. The molecule has 0 saturated heterocycles. The number of hydrogen-bond donors (Lipinski definition) is 0. The molecule has 6 aromatic carbocycles. The standard InChI is InChI=1S/C21H14N4O4P.C12H10As.C6H5.Sb/c1-24(14-26)21-18(12-15(13-22)20(25(28)29)19(21)23-27)30(16-8-4-2-5-9-16)17-10-6-3-7-11-17;1-3-7-11(8-4-1)13-12-9-5-2-6-10-12;1-2-4-6-5-3-1;/h2-11,14H,1H3;1-10H;1-5H;. The summed E-state index contributed by atoms with van der Waals surface area (Å²) >= 11 is -1.45. The SMILES string of the molecule is CN(C=O)c1c(N=O)c([N+](=O)[O-])c(C#N)[c]([Sb][c]2ccccc2)c1P(c1ccccc1)c1ccccc1.c1ccc([As]c2ccccc2)cc1. The molecule has 0 aliphatic carbocycles. The molecule has 0 aliphatic heterocycles. The van der Waals surface area contributed by atoms with Crippen LogP contribution in [0.4, 0.5) is 17.1 Å². The van der Waals surface area contributed by atoms with E-state index in [-0.39, 0.29) is 27.0 Å². The fraction of sp³-hybridized carbons (Fsp3) is 0.0256. The second-order valence-corrected chi connectivity index (χ2v) is 18.7. The number of nitriles is 1. The second-order valence-electron chi connectivity index (χ2n) is 10.5. The molecule has 0 N–H and O–H groups in total. The molecule has 244 valence electrons. The second kappa shape index (κ2) is 18.2. The molecule has 0 atom stereocenters. The van der Waals surface area contributed by atoms with Gasteiger partial charge in [0.15, 0.2) is 0 Å². The molecule has 0 unspecified atom stereocenters. The van der Waals surface area contributed by atoms with Crippen LogP contribution in [0.25, 0.3) is 0 Å². The van der Waals surface area contributed by atoms with Gasteiger partial charge in [-0.3, -0.25) is 0 Å². The fourth-order valence-corrected chi connectivity index (χ4v) is 13.9. The van der Waals surface area contributed by atoms with Gasteiger partial charge >= 0.3 is 311 Å². The molecule has 6 aromatic rings. The van der Waals surface area contributed by atoms with Crippen LogP contribution in [0.2, 0.25) is 0 Å². The van der Waals surface area contributed by atoms with Crippen LogP contribution in [-0.2, 0) is 4.79 Å². The Balaban J connectivity index is 0.000000311. The van der Waals surface area contributed by atoms with Crippen molar-refractivity contribution in [2.75, 3.05) is 11.9 Å². The summed E-state index contributed by atoms with van der Waals surface area (Å²) < 4.78 is 4.43. The normalized spacial score (nSPS) is 10.3. The minimum absolute atomic E-state index is 0.0657. The molecule has 0 spiro atoms. The van der Waals surface area contributed by atoms with E-state index in [0.29, 0.717) is 15.2 Å². The van der Waals surface area contributed by atoms with Gasteiger partial charge in [0.1, 0.15) is 0 Å². The molecule has 0 heterocycles. The molecule has 0 fully saturated rings. The number of hydrogen-bond acceptors (Lipinski definition) is 6. The minimum atomic E-state index is -1.62. The Bertz CT molecular complexity index is 2030. The summed E-state index contributed by atoms with van der Waals surface area (Å²) in [6, 6.07) is 52.0. The number of rotatable bonds is 11. The van der Waals surface area contributed by atoms with E-state index in [4.69, 9.17) is 0 Å². The van der Waals surface area contributed by atoms with Gasteiger partial charge in [0.05, 0.1) is 0 Å². The van der Waals surface area contributed by atoms with E-state index >= 15 is 0 Å². The zero-order chi connectivity index (χ0) is 35.3. The van der Waals surface area contributed by atoms with Crippen molar-refractivity contribution in [1.82, 2.24) is 0 Å². The Morgan fingerprint density at radius 3 is 1.62 bits per heavy atom. The summed E-state index contributed by atoms with van der Waals surface area (Å²) in [7, 11) is 0.00627. The summed E-state index contributed by atoms with van der Waals surface area (Å²) in [5.41, 5.74) is -1.28. The van der Waals surface area contributed by atoms with Gasteiger partial charge < -0.3 is 0 Å². The van der Waals surface area contributed by atoms with E-state index in [1.54, 1.807) is 0 Å². The average Bonchev–Trinajstić information content (AvgIpc) is 3.17. The van der Waals surface area contributed by atoms with Crippen molar-refractivity contribution >= 4 is 100 Å². The average molecular weight is 845 g/mol. The van der Waals surface area contributed by atoms with Gasteiger partial charge in [0.2, 0.25) is 0 Å². The molecular weight excluding hydrogens is 816 g/mol. The maximum absolute atomic E-state index is 12.2. The van der Waals surface area contributed by atoms with Gasteiger partial charge in [-0.05, 0) is 0 Å². The Hall–Kier alpha value is -4.91. The number of nitro groups is 1. The van der Waals surface area contributed by atoms with E-state index < -0.39 is 45.8 Å². The van der Waals surface area contributed by atoms with Crippen molar-refractivity contribution in [3.8, 4) is 6.07 Å². The quantitative estimate of drug-likeness (QED) is 0.0485. The van der Waals surface area contributed by atoms with Crippen LogP contribution in [0.1, 0.15) is 5.56 Å². The van der Waals surface area contributed by atoms with Crippen molar-refractivity contribution in [2.24, 2.45) is 5.18 Å². The summed E-state index contributed by atoms with van der Waals surface area (Å²) in [6.45, 7) is 0. The summed E-state index contributed by atoms with van der Waals surface area (Å²) in [5.74, 6) is 0. The first-order chi connectivity index (χ1) is 24.5. The Morgan fingerprint density at radius 1 is 0.780 bits per heavy atom. The van der Waals surface area contributed by atoms with E-state index in [0.717, 1.165) is 19.0 Å². The van der Waals surface area contributed by atoms with Gasteiger partial charge in [0, 0.05) is 0 Å². The number of anilines is 1. The summed E-state index contributed by atoms with van der Waals surface area (Å²) in [5, 5.41) is 27.9. The van der Waals surface area contributed by atoms with Crippen molar-refractivity contribution in [2.45, 2.75) is 0 Å². The number of nitro benzene ring substituents is 1. The molecule has 0 aromatic heterocycles. The van der Waals surface area contributed by atoms with E-state index in [2.05, 4.69) is 65.8 Å². The molecule has 0 bridgehead atoms. The molecule has 50 heavy (non-hydrogen) atoms. The maximum atomic E-state index is 12.2. The van der Waals surface area contributed by atoms with Gasteiger partial charge in [-0.2, -0.15) is 0 Å². The van der Waals surface area contributed by atoms with Crippen LogP contribution < -0.4 is 36.5 Å². The Labute approximate surface area is 308 Å². The van der Waals surface area contributed by atoms with Crippen molar-refractivity contribution in [3.05, 3.63) is 172 Å². The van der Waals surface area contributed by atoms with Crippen LogP contribution in [0, 0.1) is 26.4 Å². The van der Waals surface area contributed by atoms with Gasteiger partial charge in [0.25, 0.3) is 0 Å². The molecule has 0 aliphatic rings. The van der Waals surface area contributed by atoms with Gasteiger partial charge in [-0.1, -0.05) is 0 Å². The van der Waals surface area contributed by atoms with E-state index in [1.807, 2.05) is 97.1 Å². The number of carbonyl (C=O) groups excluding carboxylic acids is 1. The fourth-order valence-electron chi connectivity index (χ4n) is 5.11. The Kier molecular flexibility index (Phi) is 13.2. The van der Waals surface area contributed by atoms with Crippen LogP contribution >= 0.6 is 7.92 Å². The third kappa shape index (κ3) is 8.81. The predicted octanol–water partition coefficient (Wildman–Crippen LogP) is 4.21. The molecule has 6 rings (SSSR count). The number of amides is 1. The Morgan fingerprint density at radius 2 is 1.22 bits per heavy atom. The first kappa shape index (κ1) is 36.4. The molecule has 11 heteroatoms.